The summed E-state index contributed by atoms with van der Waals surface area (Å²) in [4.78, 5) is 29.7. The smallest absolute Gasteiger partial charge is 0.274 e. The highest BCUT2D eigenvalue weighted by Gasteiger charge is 2.24. The van der Waals surface area contributed by atoms with Gasteiger partial charge in [-0.3, -0.25) is 14.6 Å². The molecule has 1 aliphatic carbocycles. The maximum absolute atomic E-state index is 12.9. The second kappa shape index (κ2) is 12.2. The van der Waals surface area contributed by atoms with E-state index < -0.39 is 0 Å². The van der Waals surface area contributed by atoms with E-state index in [4.69, 9.17) is 14.2 Å². The molecule has 11 heteroatoms. The lowest BCUT2D eigenvalue weighted by atomic mass is 10.0. The molecule has 0 saturated heterocycles. The van der Waals surface area contributed by atoms with Gasteiger partial charge in [0.25, 0.3) is 11.8 Å². The van der Waals surface area contributed by atoms with E-state index in [1.807, 2.05) is 12.1 Å². The minimum absolute atomic E-state index is 0.169. The Hall–Kier alpha value is -4.41. The second-order valence-electron chi connectivity index (χ2n) is 8.80. The van der Waals surface area contributed by atoms with E-state index in [0.717, 1.165) is 5.56 Å². The molecule has 200 valence electrons. The van der Waals surface area contributed by atoms with Crippen molar-refractivity contribution < 1.29 is 23.8 Å². The van der Waals surface area contributed by atoms with Crippen LogP contribution in [-0.2, 0) is 6.54 Å². The van der Waals surface area contributed by atoms with Crippen LogP contribution in [0.15, 0.2) is 47.6 Å². The lowest BCUT2D eigenvalue weighted by molar-refractivity contribution is 0.0935. The molecule has 1 saturated carbocycles. The lowest BCUT2D eigenvalue weighted by Gasteiger charge is -2.15. The Labute approximate surface area is 221 Å². The van der Waals surface area contributed by atoms with Crippen molar-refractivity contribution in [2.45, 2.75) is 31.3 Å². The van der Waals surface area contributed by atoms with Gasteiger partial charge >= 0.3 is 0 Å². The van der Waals surface area contributed by atoms with E-state index in [0.29, 0.717) is 29.5 Å². The molecule has 1 atom stereocenters. The van der Waals surface area contributed by atoms with Crippen LogP contribution >= 0.6 is 0 Å². The van der Waals surface area contributed by atoms with Gasteiger partial charge in [-0.1, -0.05) is 29.5 Å². The molecule has 11 nitrogen and oxygen atoms in total. The third-order valence-electron chi connectivity index (χ3n) is 6.28. The zero-order valence-electron chi connectivity index (χ0n) is 21.9. The predicted octanol–water partition coefficient (Wildman–Crippen LogP) is 2.78. The van der Waals surface area contributed by atoms with E-state index in [2.05, 4.69) is 38.1 Å². The molecule has 1 aromatic heterocycles. The number of carbonyl (C=O) groups is 2. The summed E-state index contributed by atoms with van der Waals surface area (Å²) in [6.07, 6.45) is 5.70. The van der Waals surface area contributed by atoms with Crippen LogP contribution in [0.2, 0.25) is 0 Å². The van der Waals surface area contributed by atoms with Gasteiger partial charge in [-0.2, -0.15) is 0 Å². The van der Waals surface area contributed by atoms with E-state index in [-0.39, 0.29) is 35.8 Å². The SMILES string of the molecule is CN=CC(NC(=O)c1cn(CCNC(=O)c2ccc(OC)c(OC)c2OC)nn1)c1ccc(C2CC2)cc1. The molecule has 0 bridgehead atoms. The number of hydrogen-bond donors (Lipinski definition) is 2. The fourth-order valence-electron chi connectivity index (χ4n) is 4.13. The Morgan fingerprint density at radius 1 is 1.05 bits per heavy atom. The van der Waals surface area contributed by atoms with Crippen molar-refractivity contribution in [1.29, 1.82) is 0 Å². The van der Waals surface area contributed by atoms with Crippen molar-refractivity contribution in [1.82, 2.24) is 25.6 Å². The number of carbonyl (C=O) groups excluding carboxylic acids is 2. The van der Waals surface area contributed by atoms with Gasteiger partial charge in [0.2, 0.25) is 5.75 Å². The van der Waals surface area contributed by atoms with Crippen LogP contribution in [0.5, 0.6) is 17.2 Å². The molecule has 4 rings (SSSR count). The standard InChI is InChI=1S/C27H32N6O5/c1-28-15-21(19-9-7-18(8-10-19)17-5-6-17)30-27(35)22-16-33(32-31-22)14-13-29-26(34)20-11-12-23(36-2)25(38-4)24(20)37-3/h7-12,15-17,21H,5-6,13-14H2,1-4H3,(H,29,34)(H,30,35). The molecular formula is C27H32N6O5. The second-order valence-corrected chi connectivity index (χ2v) is 8.80. The third-order valence-corrected chi connectivity index (χ3v) is 6.28. The molecule has 1 aliphatic rings. The first-order valence-corrected chi connectivity index (χ1v) is 12.3. The van der Waals surface area contributed by atoms with Gasteiger partial charge in [0.1, 0.15) is 0 Å². The van der Waals surface area contributed by atoms with Crippen molar-refractivity contribution in [3.8, 4) is 17.2 Å². The molecule has 2 aromatic carbocycles. The normalized spacial score (nSPS) is 13.7. The summed E-state index contributed by atoms with van der Waals surface area (Å²) >= 11 is 0. The number of methoxy groups -OCH3 is 3. The zero-order chi connectivity index (χ0) is 27.1. The molecule has 0 spiro atoms. The van der Waals surface area contributed by atoms with Crippen LogP contribution in [-0.4, -0.2) is 67.9 Å². The minimum Gasteiger partial charge on any atom is -0.493 e. The van der Waals surface area contributed by atoms with E-state index >= 15 is 0 Å². The number of aliphatic imine (C=N–C) groups is 1. The topological polar surface area (TPSA) is 129 Å². The zero-order valence-corrected chi connectivity index (χ0v) is 21.9. The molecular weight excluding hydrogens is 488 g/mol. The summed E-state index contributed by atoms with van der Waals surface area (Å²) in [6.45, 7) is 0.559. The van der Waals surface area contributed by atoms with Gasteiger partial charge in [-0.25, -0.2) is 4.68 Å². The Morgan fingerprint density at radius 3 is 2.42 bits per heavy atom. The fourth-order valence-corrected chi connectivity index (χ4v) is 4.13. The summed E-state index contributed by atoms with van der Waals surface area (Å²) in [6, 6.07) is 11.1. The van der Waals surface area contributed by atoms with Crippen LogP contribution in [0.1, 0.15) is 56.8 Å². The first-order valence-electron chi connectivity index (χ1n) is 12.3. The molecule has 0 radical (unpaired) electrons. The third kappa shape index (κ3) is 6.10. The fraction of sp³-hybridized carbons (Fsp3) is 0.370. The number of aromatic nitrogens is 3. The monoisotopic (exact) mass is 520 g/mol. The number of hydrogen-bond acceptors (Lipinski definition) is 8. The highest BCUT2D eigenvalue weighted by Crippen LogP contribution is 2.40. The number of nitrogens with one attached hydrogen (secondary N) is 2. The lowest BCUT2D eigenvalue weighted by Crippen LogP contribution is -2.30. The molecule has 1 fully saturated rings. The van der Waals surface area contributed by atoms with Crippen molar-refractivity contribution >= 4 is 18.0 Å². The Balaban J connectivity index is 1.34. The Kier molecular flexibility index (Phi) is 8.57. The number of amides is 2. The number of nitrogens with zero attached hydrogens (tertiary/aromatic N) is 4. The summed E-state index contributed by atoms with van der Waals surface area (Å²) in [5.41, 5.74) is 2.74. The maximum Gasteiger partial charge on any atom is 0.274 e. The Morgan fingerprint density at radius 2 is 1.79 bits per heavy atom. The number of ether oxygens (including phenoxy) is 3. The predicted molar refractivity (Wildman–Crippen MR) is 141 cm³/mol. The van der Waals surface area contributed by atoms with Gasteiger partial charge in [-0.15, -0.1) is 5.10 Å². The molecule has 3 aromatic rings. The van der Waals surface area contributed by atoms with Crippen molar-refractivity contribution in [2.24, 2.45) is 4.99 Å². The van der Waals surface area contributed by atoms with Crippen LogP contribution in [0.4, 0.5) is 0 Å². The van der Waals surface area contributed by atoms with E-state index in [1.165, 1.54) is 50.6 Å². The van der Waals surface area contributed by atoms with Gasteiger partial charge < -0.3 is 24.8 Å². The van der Waals surface area contributed by atoms with E-state index in [1.54, 1.807) is 25.4 Å². The van der Waals surface area contributed by atoms with Gasteiger partial charge in [0.15, 0.2) is 17.2 Å². The number of rotatable bonds is 12. The quantitative estimate of drug-likeness (QED) is 0.351. The minimum atomic E-state index is -0.387. The van der Waals surface area contributed by atoms with Crippen LogP contribution in [0, 0.1) is 0 Å². The summed E-state index contributed by atoms with van der Waals surface area (Å²) in [7, 11) is 6.10. The highest BCUT2D eigenvalue weighted by molar-refractivity contribution is 5.98. The Bertz CT molecular complexity index is 1300. The maximum atomic E-state index is 12.9. The molecule has 0 aliphatic heterocycles. The van der Waals surface area contributed by atoms with Crippen LogP contribution in [0.25, 0.3) is 0 Å². The molecule has 1 heterocycles. The first kappa shape index (κ1) is 26.6. The van der Waals surface area contributed by atoms with Crippen molar-refractivity contribution in [3.05, 3.63) is 65.0 Å². The number of benzene rings is 2. The largest absolute Gasteiger partial charge is 0.493 e. The van der Waals surface area contributed by atoms with Crippen molar-refractivity contribution in [2.75, 3.05) is 34.9 Å². The molecule has 2 N–H and O–H groups in total. The molecule has 38 heavy (non-hydrogen) atoms. The highest BCUT2D eigenvalue weighted by atomic mass is 16.5. The average molecular weight is 521 g/mol. The summed E-state index contributed by atoms with van der Waals surface area (Å²) < 4.78 is 17.5. The van der Waals surface area contributed by atoms with Crippen molar-refractivity contribution in [3.63, 3.8) is 0 Å². The van der Waals surface area contributed by atoms with Gasteiger partial charge in [0, 0.05) is 19.8 Å². The average Bonchev–Trinajstić information content (AvgIpc) is 3.69. The molecule has 2 amide bonds. The van der Waals surface area contributed by atoms with Crippen LogP contribution < -0.4 is 24.8 Å². The van der Waals surface area contributed by atoms with Gasteiger partial charge in [0.05, 0.1) is 45.7 Å². The first-order chi connectivity index (χ1) is 18.5. The van der Waals surface area contributed by atoms with E-state index in [9.17, 15) is 9.59 Å². The summed E-state index contributed by atoms with van der Waals surface area (Å²) in [5, 5.41) is 13.8. The molecule has 1 unspecified atom stereocenters. The van der Waals surface area contributed by atoms with Crippen LogP contribution in [0.3, 0.4) is 0 Å². The van der Waals surface area contributed by atoms with Gasteiger partial charge in [-0.05, 0) is 42.0 Å². The summed E-state index contributed by atoms with van der Waals surface area (Å²) in [5.74, 6) is 1.01.